The van der Waals surface area contributed by atoms with E-state index in [0.717, 1.165) is 6.54 Å². The summed E-state index contributed by atoms with van der Waals surface area (Å²) in [6.45, 7) is 7.90. The Morgan fingerprint density at radius 1 is 1.18 bits per heavy atom. The van der Waals surface area contributed by atoms with Crippen LogP contribution in [0.3, 0.4) is 0 Å². The Morgan fingerprint density at radius 3 is 2.24 bits per heavy atom. The molecule has 2 heteroatoms. The summed E-state index contributed by atoms with van der Waals surface area (Å²) in [5.41, 5.74) is 1.37. The van der Waals surface area contributed by atoms with Crippen molar-refractivity contribution in [1.29, 1.82) is 0 Å². The summed E-state index contributed by atoms with van der Waals surface area (Å²) in [6.07, 6.45) is 4.67. The van der Waals surface area contributed by atoms with Gasteiger partial charge in [-0.05, 0) is 31.6 Å². The summed E-state index contributed by atoms with van der Waals surface area (Å²) in [4.78, 5) is 0. The van der Waals surface area contributed by atoms with Gasteiger partial charge in [0, 0.05) is 17.3 Å². The van der Waals surface area contributed by atoms with Gasteiger partial charge in [-0.15, -0.1) is 0 Å². The first kappa shape index (κ1) is 14.6. The topological polar surface area (TPSA) is 12.0 Å². The summed E-state index contributed by atoms with van der Waals surface area (Å²) in [5.74, 6) is 0. The quantitative estimate of drug-likeness (QED) is 0.777. The zero-order valence-electron chi connectivity index (χ0n) is 11.5. The number of benzene rings is 1. The van der Waals surface area contributed by atoms with E-state index in [1.807, 2.05) is 11.8 Å². The maximum atomic E-state index is 3.67. The van der Waals surface area contributed by atoms with Crippen LogP contribution in [-0.2, 0) is 0 Å². The molecule has 1 aromatic carbocycles. The molecule has 0 fully saturated rings. The van der Waals surface area contributed by atoms with Gasteiger partial charge in [-0.25, -0.2) is 0 Å². The number of hydrogen-bond acceptors (Lipinski definition) is 2. The lowest BCUT2D eigenvalue weighted by Crippen LogP contribution is -2.37. The van der Waals surface area contributed by atoms with Gasteiger partial charge in [0.15, 0.2) is 0 Å². The highest BCUT2D eigenvalue weighted by Gasteiger charge is 2.25. The number of rotatable bonds is 7. The normalized spacial score (nSPS) is 13.6. The highest BCUT2D eigenvalue weighted by atomic mass is 32.2. The molecule has 0 aromatic heterocycles. The van der Waals surface area contributed by atoms with Crippen molar-refractivity contribution in [1.82, 2.24) is 5.32 Å². The molecule has 1 aromatic rings. The Hall–Kier alpha value is -0.470. The van der Waals surface area contributed by atoms with Crippen LogP contribution in [0.5, 0.6) is 0 Å². The van der Waals surface area contributed by atoms with Crippen molar-refractivity contribution in [2.24, 2.45) is 0 Å². The van der Waals surface area contributed by atoms with Crippen LogP contribution in [0, 0.1) is 0 Å². The van der Waals surface area contributed by atoms with Crippen LogP contribution >= 0.6 is 11.8 Å². The van der Waals surface area contributed by atoms with Crippen LogP contribution in [-0.4, -0.2) is 17.5 Å². The Bertz CT molecular complexity index is 298. The maximum Gasteiger partial charge on any atom is 0.0292 e. The minimum atomic E-state index is 0.392. The first-order chi connectivity index (χ1) is 8.17. The fourth-order valence-electron chi connectivity index (χ4n) is 2.06. The van der Waals surface area contributed by atoms with Crippen molar-refractivity contribution in [2.45, 2.75) is 44.4 Å². The molecule has 0 saturated carbocycles. The van der Waals surface area contributed by atoms with Crippen molar-refractivity contribution in [2.75, 3.05) is 12.8 Å². The minimum absolute atomic E-state index is 0.392. The molecule has 0 radical (unpaired) electrons. The summed E-state index contributed by atoms with van der Waals surface area (Å²) < 4.78 is 0.392. The first-order valence-electron chi connectivity index (χ1n) is 6.51. The van der Waals surface area contributed by atoms with E-state index in [1.54, 1.807) is 0 Å². The molecular weight excluding hydrogens is 226 g/mol. The standard InChI is InChI=1S/C15H25NS/c1-5-15(6-2,17-4)12-16-13(3)14-10-8-7-9-11-14/h7-11,13,16H,5-6,12H2,1-4H3. The Kier molecular flexibility index (Phi) is 6.07. The molecule has 0 bridgehead atoms. The van der Waals surface area contributed by atoms with Crippen molar-refractivity contribution >= 4 is 11.8 Å². The second kappa shape index (κ2) is 7.07. The molecule has 17 heavy (non-hydrogen) atoms. The van der Waals surface area contributed by atoms with Crippen LogP contribution in [0.4, 0.5) is 0 Å². The van der Waals surface area contributed by atoms with Gasteiger partial charge in [0.25, 0.3) is 0 Å². The van der Waals surface area contributed by atoms with E-state index in [4.69, 9.17) is 0 Å². The second-order valence-corrected chi connectivity index (χ2v) is 5.88. The Balaban J connectivity index is 2.55. The van der Waals surface area contributed by atoms with E-state index < -0.39 is 0 Å². The minimum Gasteiger partial charge on any atom is -0.309 e. The van der Waals surface area contributed by atoms with Gasteiger partial charge in [-0.1, -0.05) is 44.2 Å². The molecule has 1 nitrogen and oxygen atoms in total. The molecule has 0 heterocycles. The van der Waals surface area contributed by atoms with Gasteiger partial charge >= 0.3 is 0 Å². The lowest BCUT2D eigenvalue weighted by Gasteiger charge is -2.31. The molecule has 0 aliphatic rings. The Morgan fingerprint density at radius 2 is 1.76 bits per heavy atom. The van der Waals surface area contributed by atoms with Gasteiger partial charge in [-0.3, -0.25) is 0 Å². The molecule has 0 spiro atoms. The van der Waals surface area contributed by atoms with Crippen molar-refractivity contribution < 1.29 is 0 Å². The lowest BCUT2D eigenvalue weighted by atomic mass is 10.0. The highest BCUT2D eigenvalue weighted by Crippen LogP contribution is 2.30. The van der Waals surface area contributed by atoms with Crippen molar-refractivity contribution in [3.63, 3.8) is 0 Å². The van der Waals surface area contributed by atoms with Gasteiger partial charge in [0.05, 0.1) is 0 Å². The molecule has 0 saturated heterocycles. The Labute approximate surface area is 110 Å². The fourth-order valence-corrected chi connectivity index (χ4v) is 2.86. The molecule has 0 aliphatic carbocycles. The van der Waals surface area contributed by atoms with Gasteiger partial charge in [0.2, 0.25) is 0 Å². The van der Waals surface area contributed by atoms with E-state index in [1.165, 1.54) is 18.4 Å². The number of hydrogen-bond donors (Lipinski definition) is 1. The van der Waals surface area contributed by atoms with E-state index in [2.05, 4.69) is 62.7 Å². The van der Waals surface area contributed by atoms with Crippen LogP contribution in [0.25, 0.3) is 0 Å². The smallest absolute Gasteiger partial charge is 0.0292 e. The number of thioether (sulfide) groups is 1. The third-order valence-electron chi connectivity index (χ3n) is 3.75. The summed E-state index contributed by atoms with van der Waals surface area (Å²) in [6, 6.07) is 11.1. The van der Waals surface area contributed by atoms with Crippen LogP contribution in [0.15, 0.2) is 30.3 Å². The second-order valence-electron chi connectivity index (χ2n) is 4.61. The van der Waals surface area contributed by atoms with Gasteiger partial charge in [-0.2, -0.15) is 11.8 Å². The molecule has 1 unspecified atom stereocenters. The largest absolute Gasteiger partial charge is 0.309 e. The zero-order chi connectivity index (χ0) is 12.7. The summed E-state index contributed by atoms with van der Waals surface area (Å²) in [7, 11) is 0. The molecule has 1 N–H and O–H groups in total. The van der Waals surface area contributed by atoms with Crippen molar-refractivity contribution in [3.8, 4) is 0 Å². The lowest BCUT2D eigenvalue weighted by molar-refractivity contribution is 0.460. The fraction of sp³-hybridized carbons (Fsp3) is 0.600. The van der Waals surface area contributed by atoms with Crippen LogP contribution < -0.4 is 5.32 Å². The van der Waals surface area contributed by atoms with E-state index >= 15 is 0 Å². The molecule has 1 rings (SSSR count). The van der Waals surface area contributed by atoms with Crippen molar-refractivity contribution in [3.05, 3.63) is 35.9 Å². The summed E-state index contributed by atoms with van der Waals surface area (Å²) >= 11 is 1.99. The van der Waals surface area contributed by atoms with E-state index in [0.29, 0.717) is 10.8 Å². The molecule has 1 atom stereocenters. The first-order valence-corrected chi connectivity index (χ1v) is 7.73. The third-order valence-corrected chi connectivity index (χ3v) is 5.34. The van der Waals surface area contributed by atoms with E-state index in [-0.39, 0.29) is 0 Å². The average Bonchev–Trinajstić information content (AvgIpc) is 2.41. The predicted molar refractivity (Wildman–Crippen MR) is 79.7 cm³/mol. The van der Waals surface area contributed by atoms with Gasteiger partial charge < -0.3 is 5.32 Å². The van der Waals surface area contributed by atoms with Gasteiger partial charge in [0.1, 0.15) is 0 Å². The predicted octanol–water partition coefficient (Wildman–Crippen LogP) is 4.26. The van der Waals surface area contributed by atoms with E-state index in [9.17, 15) is 0 Å². The maximum absolute atomic E-state index is 3.67. The average molecular weight is 251 g/mol. The summed E-state index contributed by atoms with van der Waals surface area (Å²) in [5, 5.41) is 3.67. The third kappa shape index (κ3) is 4.04. The molecule has 0 amide bonds. The highest BCUT2D eigenvalue weighted by molar-refractivity contribution is 8.00. The monoisotopic (exact) mass is 251 g/mol. The molecule has 96 valence electrons. The van der Waals surface area contributed by atoms with Crippen LogP contribution in [0.1, 0.15) is 45.2 Å². The SMILES string of the molecule is CCC(CC)(CNC(C)c1ccccc1)SC. The molecule has 0 aliphatic heterocycles. The molecular formula is C15H25NS. The number of nitrogens with one attached hydrogen (secondary N) is 1. The zero-order valence-corrected chi connectivity index (χ0v) is 12.3. The van der Waals surface area contributed by atoms with Crippen LogP contribution in [0.2, 0.25) is 0 Å².